The molecule has 1 saturated carbocycles. The van der Waals surface area contributed by atoms with Crippen molar-refractivity contribution in [1.29, 1.82) is 0 Å². The number of allylic oxidation sites excluding steroid dienone is 1. The van der Waals surface area contributed by atoms with E-state index in [1.165, 1.54) is 22.5 Å². The van der Waals surface area contributed by atoms with Crippen molar-refractivity contribution >= 4 is 11.5 Å². The van der Waals surface area contributed by atoms with Crippen LogP contribution in [0.2, 0.25) is 0 Å². The van der Waals surface area contributed by atoms with Crippen LogP contribution in [0.4, 0.5) is 0 Å². The highest BCUT2D eigenvalue weighted by Gasteiger charge is 2.42. The first-order valence-corrected chi connectivity index (χ1v) is 12.8. The quantitative estimate of drug-likeness (QED) is 0.544. The Bertz CT molecular complexity index is 921. The van der Waals surface area contributed by atoms with Crippen LogP contribution in [0.5, 0.6) is 0 Å². The largest absolute Gasteiger partial charge is 0.385 e. The van der Waals surface area contributed by atoms with E-state index in [1.807, 2.05) is 0 Å². The summed E-state index contributed by atoms with van der Waals surface area (Å²) in [5.74, 6) is 1.64. The highest BCUT2D eigenvalue weighted by Crippen LogP contribution is 2.41. The lowest BCUT2D eigenvalue weighted by Crippen LogP contribution is -2.51. The number of carbonyl (C=O) groups is 1. The molecule has 3 aliphatic heterocycles. The molecule has 5 rings (SSSR count). The second-order valence-electron chi connectivity index (χ2n) is 9.92. The molecule has 1 aromatic carbocycles. The highest BCUT2D eigenvalue weighted by atomic mass is 16.5. The van der Waals surface area contributed by atoms with Gasteiger partial charge in [0.15, 0.2) is 0 Å². The minimum absolute atomic E-state index is 0.150. The van der Waals surface area contributed by atoms with Crippen LogP contribution in [0.15, 0.2) is 47.8 Å². The maximum atomic E-state index is 13.5. The number of carbonyl (C=O) groups excluding carboxylic acids is 1. The number of ether oxygens (including phenoxy) is 2. The molecule has 3 heterocycles. The van der Waals surface area contributed by atoms with Gasteiger partial charge in [-0.15, -0.1) is 0 Å². The van der Waals surface area contributed by atoms with E-state index in [9.17, 15) is 4.79 Å². The minimum Gasteiger partial charge on any atom is -0.385 e. The molecule has 2 N–H and O–H groups in total. The van der Waals surface area contributed by atoms with Crippen LogP contribution in [0.25, 0.3) is 5.57 Å². The molecular weight excluding hydrogens is 428 g/mol. The summed E-state index contributed by atoms with van der Waals surface area (Å²) in [4.78, 5) is 18.1. The van der Waals surface area contributed by atoms with Gasteiger partial charge < -0.3 is 29.9 Å². The average Bonchev–Trinajstić information content (AvgIpc) is 3.66. The third kappa shape index (κ3) is 5.02. The third-order valence-electron chi connectivity index (χ3n) is 7.24. The minimum atomic E-state index is -0.365. The van der Waals surface area contributed by atoms with Gasteiger partial charge in [-0.25, -0.2) is 0 Å². The molecule has 2 fully saturated rings. The maximum Gasteiger partial charge on any atom is 0.253 e. The Morgan fingerprint density at radius 1 is 1.26 bits per heavy atom. The van der Waals surface area contributed by atoms with Crippen LogP contribution in [0, 0.1) is 5.92 Å². The van der Waals surface area contributed by atoms with Crippen LogP contribution in [0.1, 0.15) is 31.7 Å². The Morgan fingerprint density at radius 2 is 2.09 bits per heavy atom. The van der Waals surface area contributed by atoms with Gasteiger partial charge in [0.25, 0.3) is 5.91 Å². The fraction of sp³-hybridized carbons (Fsp3) is 0.593. The number of nitrogens with one attached hydrogen (secondary N) is 2. The standard InChI is InChI=1S/C27H38N4O3/c1-19-15-23(20-7-4-3-5-8-20)25-21(17-30(26(25)29-19)12-6-13-33-2)18-31(22-9-10-22)27(32)24-16-28-11-14-34-24/h3-5,7-8,15,19,21-22,24,28-29H,6,9-14,16-18H2,1-2H3/t19?,21?,24-/m1/s1. The SMILES string of the molecule is COCCCN1CC(CN(C(=O)[C@H]2CNCCO2)C2CC2)C2=C1NC(C)C=C2c1ccccc1. The van der Waals surface area contributed by atoms with Crippen molar-refractivity contribution in [2.45, 2.75) is 44.4 Å². The molecule has 0 radical (unpaired) electrons. The van der Waals surface area contributed by atoms with E-state index in [4.69, 9.17) is 9.47 Å². The zero-order chi connectivity index (χ0) is 23.5. The number of dihydropyridines is 1. The lowest BCUT2D eigenvalue weighted by molar-refractivity contribution is -0.146. The van der Waals surface area contributed by atoms with Crippen LogP contribution in [-0.4, -0.2) is 86.9 Å². The summed E-state index contributed by atoms with van der Waals surface area (Å²) >= 11 is 0. The zero-order valence-electron chi connectivity index (χ0n) is 20.5. The van der Waals surface area contributed by atoms with Gasteiger partial charge in [-0.05, 0) is 37.3 Å². The van der Waals surface area contributed by atoms with Crippen LogP contribution in [-0.2, 0) is 14.3 Å². The van der Waals surface area contributed by atoms with Crippen molar-refractivity contribution in [1.82, 2.24) is 20.4 Å². The number of hydrogen-bond donors (Lipinski definition) is 2. The first kappa shape index (κ1) is 23.4. The second-order valence-corrected chi connectivity index (χ2v) is 9.92. The molecule has 0 bridgehead atoms. The van der Waals surface area contributed by atoms with Gasteiger partial charge in [-0.1, -0.05) is 36.4 Å². The van der Waals surface area contributed by atoms with Crippen molar-refractivity contribution in [2.75, 3.05) is 53.0 Å². The summed E-state index contributed by atoms with van der Waals surface area (Å²) in [6.07, 6.45) is 5.15. The van der Waals surface area contributed by atoms with Crippen molar-refractivity contribution in [3.05, 3.63) is 53.4 Å². The smallest absolute Gasteiger partial charge is 0.253 e. The Morgan fingerprint density at radius 3 is 2.79 bits per heavy atom. The summed E-state index contributed by atoms with van der Waals surface area (Å²) in [7, 11) is 1.76. The summed E-state index contributed by atoms with van der Waals surface area (Å²) in [6, 6.07) is 11.3. The molecule has 0 aromatic heterocycles. The zero-order valence-corrected chi connectivity index (χ0v) is 20.5. The molecular formula is C27H38N4O3. The van der Waals surface area contributed by atoms with Crippen molar-refractivity contribution in [3.63, 3.8) is 0 Å². The molecule has 184 valence electrons. The number of hydrogen-bond acceptors (Lipinski definition) is 6. The normalized spacial score (nSPS) is 26.7. The number of benzene rings is 1. The molecule has 1 saturated heterocycles. The van der Waals surface area contributed by atoms with Gasteiger partial charge in [0, 0.05) is 70.0 Å². The van der Waals surface area contributed by atoms with Gasteiger partial charge in [0.05, 0.1) is 6.61 Å². The number of rotatable bonds is 9. The van der Waals surface area contributed by atoms with Crippen LogP contribution < -0.4 is 10.6 Å². The Labute approximate surface area is 203 Å². The number of nitrogens with zero attached hydrogens (tertiary/aromatic N) is 2. The third-order valence-corrected chi connectivity index (χ3v) is 7.24. The second kappa shape index (κ2) is 10.5. The Hall–Kier alpha value is -2.35. The fourth-order valence-corrected chi connectivity index (χ4v) is 5.50. The van der Waals surface area contributed by atoms with Gasteiger partial charge >= 0.3 is 0 Å². The molecule has 2 unspecified atom stereocenters. The summed E-state index contributed by atoms with van der Waals surface area (Å²) < 4.78 is 11.2. The number of amides is 1. The van der Waals surface area contributed by atoms with E-state index >= 15 is 0 Å². The molecule has 3 atom stereocenters. The van der Waals surface area contributed by atoms with Crippen molar-refractivity contribution in [2.24, 2.45) is 5.92 Å². The number of morpholine rings is 1. The Balaban J connectivity index is 1.43. The van der Waals surface area contributed by atoms with Gasteiger partial charge in [0.2, 0.25) is 0 Å². The number of methoxy groups -OCH3 is 1. The lowest BCUT2D eigenvalue weighted by Gasteiger charge is -2.33. The molecule has 1 aromatic rings. The summed E-state index contributed by atoms with van der Waals surface area (Å²) in [6.45, 7) is 7.58. The molecule has 34 heavy (non-hydrogen) atoms. The van der Waals surface area contributed by atoms with E-state index in [1.54, 1.807) is 7.11 Å². The van der Waals surface area contributed by atoms with Gasteiger partial charge in [-0.2, -0.15) is 0 Å². The van der Waals surface area contributed by atoms with Crippen LogP contribution in [0.3, 0.4) is 0 Å². The fourth-order valence-electron chi connectivity index (χ4n) is 5.50. The van der Waals surface area contributed by atoms with E-state index in [0.29, 0.717) is 19.2 Å². The van der Waals surface area contributed by atoms with E-state index < -0.39 is 0 Å². The molecule has 1 aliphatic carbocycles. The van der Waals surface area contributed by atoms with Gasteiger partial charge in [-0.3, -0.25) is 4.79 Å². The van der Waals surface area contributed by atoms with E-state index in [-0.39, 0.29) is 24.0 Å². The first-order chi connectivity index (χ1) is 16.7. The van der Waals surface area contributed by atoms with Crippen LogP contribution >= 0.6 is 0 Å². The van der Waals surface area contributed by atoms with Gasteiger partial charge in [0.1, 0.15) is 11.9 Å². The lowest BCUT2D eigenvalue weighted by atomic mass is 9.86. The summed E-state index contributed by atoms with van der Waals surface area (Å²) in [5, 5.41) is 7.06. The maximum absolute atomic E-state index is 13.5. The average molecular weight is 467 g/mol. The predicted molar refractivity (Wildman–Crippen MR) is 133 cm³/mol. The molecule has 1 amide bonds. The van der Waals surface area contributed by atoms with Crippen molar-refractivity contribution < 1.29 is 14.3 Å². The topological polar surface area (TPSA) is 66.1 Å². The highest BCUT2D eigenvalue weighted by molar-refractivity contribution is 5.84. The molecule has 7 heteroatoms. The Kier molecular flexibility index (Phi) is 7.23. The van der Waals surface area contributed by atoms with E-state index in [2.05, 4.69) is 63.8 Å². The molecule has 4 aliphatic rings. The predicted octanol–water partition coefficient (Wildman–Crippen LogP) is 2.22. The van der Waals surface area contributed by atoms with Crippen molar-refractivity contribution in [3.8, 4) is 0 Å². The monoisotopic (exact) mass is 466 g/mol. The molecule has 7 nitrogen and oxygen atoms in total. The summed E-state index contributed by atoms with van der Waals surface area (Å²) in [5.41, 5.74) is 3.90. The first-order valence-electron chi connectivity index (χ1n) is 12.8. The van der Waals surface area contributed by atoms with E-state index in [0.717, 1.165) is 52.0 Å². The molecule has 0 spiro atoms.